The van der Waals surface area contributed by atoms with Crippen molar-refractivity contribution in [2.45, 2.75) is 57.3 Å². The Morgan fingerprint density at radius 2 is 2.00 bits per heavy atom. The molecule has 3 atom stereocenters. The van der Waals surface area contributed by atoms with Crippen LogP contribution in [0.3, 0.4) is 0 Å². The van der Waals surface area contributed by atoms with Gasteiger partial charge in [0.1, 0.15) is 5.65 Å². The molecule has 9 heteroatoms. The van der Waals surface area contributed by atoms with Crippen LogP contribution in [0.4, 0.5) is 5.95 Å². The van der Waals surface area contributed by atoms with E-state index < -0.39 is 0 Å². The lowest BCUT2D eigenvalue weighted by Crippen LogP contribution is -2.48. The molecular weight excluding hydrogens is 436 g/mol. The van der Waals surface area contributed by atoms with Gasteiger partial charge in [-0.25, -0.2) is 4.98 Å². The molecule has 2 saturated heterocycles. The normalized spacial score (nSPS) is 22.9. The Bertz CT molecular complexity index is 1510. The molecule has 168 valence electrons. The Hall–Kier alpha value is -3.10. The average Bonchev–Trinajstić information content (AvgIpc) is 3.57. The van der Waals surface area contributed by atoms with Crippen LogP contribution >= 0.6 is 11.6 Å². The molecule has 3 N–H and O–H groups in total. The van der Waals surface area contributed by atoms with Crippen molar-refractivity contribution >= 4 is 45.1 Å². The Labute approximate surface area is 195 Å². The third-order valence-electron chi connectivity index (χ3n) is 7.44. The maximum absolute atomic E-state index is 6.91. The minimum Gasteiger partial charge on any atom is -0.345 e. The molecule has 0 spiro atoms. The molecular formula is C24H25ClN8. The van der Waals surface area contributed by atoms with E-state index in [0.717, 1.165) is 64.0 Å². The van der Waals surface area contributed by atoms with Crippen LogP contribution in [0.15, 0.2) is 36.9 Å². The second-order valence-corrected chi connectivity index (χ2v) is 9.71. The summed E-state index contributed by atoms with van der Waals surface area (Å²) in [5, 5.41) is 7.22. The van der Waals surface area contributed by atoms with Gasteiger partial charge in [-0.2, -0.15) is 10.1 Å². The lowest BCUT2D eigenvalue weighted by molar-refractivity contribution is 0.408. The minimum absolute atomic E-state index is 0.284. The number of aryl methyl sites for hydroxylation is 1. The molecule has 7 rings (SSSR count). The summed E-state index contributed by atoms with van der Waals surface area (Å²) in [7, 11) is 0. The molecule has 0 radical (unpaired) electrons. The van der Waals surface area contributed by atoms with E-state index in [4.69, 9.17) is 27.3 Å². The first-order chi connectivity index (χ1) is 16.1. The largest absolute Gasteiger partial charge is 0.345 e. The summed E-state index contributed by atoms with van der Waals surface area (Å²) in [4.78, 5) is 15.7. The van der Waals surface area contributed by atoms with Crippen LogP contribution in [-0.2, 0) is 6.54 Å². The number of aromatic nitrogens is 6. The number of H-pyrrole nitrogens is 1. The predicted octanol–water partition coefficient (Wildman–Crippen LogP) is 4.36. The zero-order valence-electron chi connectivity index (χ0n) is 18.4. The van der Waals surface area contributed by atoms with Gasteiger partial charge in [0.2, 0.25) is 5.95 Å². The molecule has 2 aliphatic rings. The number of halogens is 1. The van der Waals surface area contributed by atoms with E-state index in [0.29, 0.717) is 17.1 Å². The third kappa shape index (κ3) is 2.71. The van der Waals surface area contributed by atoms with Crippen LogP contribution in [0.2, 0.25) is 5.02 Å². The summed E-state index contributed by atoms with van der Waals surface area (Å²) < 4.78 is 4.04. The van der Waals surface area contributed by atoms with Crippen molar-refractivity contribution in [3.05, 3.63) is 41.9 Å². The van der Waals surface area contributed by atoms with E-state index in [9.17, 15) is 0 Å². The first-order valence-corrected chi connectivity index (χ1v) is 12.0. The first-order valence-electron chi connectivity index (χ1n) is 11.7. The fourth-order valence-corrected chi connectivity index (χ4v) is 6.26. The van der Waals surface area contributed by atoms with E-state index in [1.807, 2.05) is 41.6 Å². The molecule has 33 heavy (non-hydrogen) atoms. The van der Waals surface area contributed by atoms with Gasteiger partial charge in [0.05, 0.1) is 15.9 Å². The molecule has 0 amide bonds. The smallest absolute Gasteiger partial charge is 0.213 e. The van der Waals surface area contributed by atoms with Crippen molar-refractivity contribution in [2.75, 3.05) is 4.90 Å². The van der Waals surface area contributed by atoms with Crippen molar-refractivity contribution in [3.8, 4) is 11.1 Å². The van der Waals surface area contributed by atoms with Crippen molar-refractivity contribution in [1.29, 1.82) is 0 Å². The minimum atomic E-state index is 0.284. The van der Waals surface area contributed by atoms with E-state index in [1.165, 1.54) is 12.8 Å². The number of nitrogens with two attached hydrogens (primary N) is 1. The standard InChI is InChI=1S/C24H25ClN8/c1-2-31-12-18-19(30-31)6-5-16(21(18)25)17-11-28-22-20(17)23-27-7-8-32(23)24(29-22)33-14-3-4-15(33)10-13(26)9-14/h5-8,11-15,28H,2-4,9-10,26H2,1H3/t13?,14-,15+. The Balaban J connectivity index is 1.43. The van der Waals surface area contributed by atoms with E-state index >= 15 is 0 Å². The molecule has 0 saturated carbocycles. The monoisotopic (exact) mass is 460 g/mol. The second kappa shape index (κ2) is 6.95. The number of nitrogens with one attached hydrogen (secondary N) is 1. The molecule has 4 aromatic heterocycles. The molecule has 6 heterocycles. The lowest BCUT2D eigenvalue weighted by atomic mass is 9.98. The Kier molecular flexibility index (Phi) is 4.08. The Morgan fingerprint density at radius 1 is 1.18 bits per heavy atom. The molecule has 2 fully saturated rings. The summed E-state index contributed by atoms with van der Waals surface area (Å²) >= 11 is 6.91. The first kappa shape index (κ1) is 19.4. The molecule has 5 aromatic rings. The number of hydrogen-bond acceptors (Lipinski definition) is 5. The zero-order chi connectivity index (χ0) is 22.3. The van der Waals surface area contributed by atoms with Crippen LogP contribution in [0.5, 0.6) is 0 Å². The molecule has 0 aliphatic carbocycles. The van der Waals surface area contributed by atoms with Gasteiger partial charge >= 0.3 is 0 Å². The number of piperidine rings is 1. The number of anilines is 1. The fraction of sp³-hybridized carbons (Fsp3) is 0.375. The number of imidazole rings is 1. The van der Waals surface area contributed by atoms with Crippen LogP contribution in [0.1, 0.15) is 32.6 Å². The second-order valence-electron chi connectivity index (χ2n) is 9.33. The van der Waals surface area contributed by atoms with Gasteiger partial charge in [0, 0.05) is 66.0 Å². The number of nitrogens with zero attached hydrogens (tertiary/aromatic N) is 6. The highest BCUT2D eigenvalue weighted by atomic mass is 35.5. The summed E-state index contributed by atoms with van der Waals surface area (Å²) in [6.45, 7) is 2.87. The van der Waals surface area contributed by atoms with Gasteiger partial charge < -0.3 is 15.6 Å². The summed E-state index contributed by atoms with van der Waals surface area (Å²) in [6, 6.07) is 5.24. The van der Waals surface area contributed by atoms with Gasteiger partial charge in [0.25, 0.3) is 0 Å². The van der Waals surface area contributed by atoms with Gasteiger partial charge in [-0.1, -0.05) is 17.7 Å². The average molecular weight is 461 g/mol. The number of aromatic amines is 1. The van der Waals surface area contributed by atoms with Crippen molar-refractivity contribution in [3.63, 3.8) is 0 Å². The van der Waals surface area contributed by atoms with Crippen molar-refractivity contribution in [2.24, 2.45) is 5.73 Å². The van der Waals surface area contributed by atoms with Crippen molar-refractivity contribution < 1.29 is 0 Å². The lowest BCUT2D eigenvalue weighted by Gasteiger charge is -2.38. The van der Waals surface area contributed by atoms with Crippen LogP contribution < -0.4 is 10.6 Å². The van der Waals surface area contributed by atoms with Crippen LogP contribution in [0, 0.1) is 0 Å². The summed E-state index contributed by atoms with van der Waals surface area (Å²) in [5.41, 5.74) is 10.9. The highest BCUT2D eigenvalue weighted by Gasteiger charge is 2.41. The predicted molar refractivity (Wildman–Crippen MR) is 131 cm³/mol. The third-order valence-corrected chi connectivity index (χ3v) is 7.84. The van der Waals surface area contributed by atoms with E-state index in [2.05, 4.69) is 26.3 Å². The number of rotatable bonds is 3. The Morgan fingerprint density at radius 3 is 2.79 bits per heavy atom. The fourth-order valence-electron chi connectivity index (χ4n) is 5.95. The highest BCUT2D eigenvalue weighted by Crippen LogP contribution is 2.42. The number of hydrogen-bond donors (Lipinski definition) is 2. The van der Waals surface area contributed by atoms with Crippen molar-refractivity contribution in [1.82, 2.24) is 29.1 Å². The van der Waals surface area contributed by atoms with Crippen LogP contribution in [-0.4, -0.2) is 47.3 Å². The molecule has 2 bridgehead atoms. The maximum atomic E-state index is 6.91. The quantitative estimate of drug-likeness (QED) is 0.417. The molecule has 1 unspecified atom stereocenters. The SMILES string of the molecule is CCn1cc2c(Cl)c(-c3c[nH]c4nc(N5[C@@H]6CC[C@H]5CC(N)C6)n5ccnc5c34)ccc2n1. The zero-order valence-corrected chi connectivity index (χ0v) is 19.1. The maximum Gasteiger partial charge on any atom is 0.213 e. The molecule has 2 aliphatic heterocycles. The van der Waals surface area contributed by atoms with Gasteiger partial charge in [0.15, 0.2) is 5.65 Å². The summed E-state index contributed by atoms with van der Waals surface area (Å²) in [5.74, 6) is 0.952. The van der Waals surface area contributed by atoms with Gasteiger partial charge in [-0.3, -0.25) is 9.08 Å². The van der Waals surface area contributed by atoms with Crippen LogP contribution in [0.25, 0.3) is 38.7 Å². The van der Waals surface area contributed by atoms with Gasteiger partial charge in [-0.05, 0) is 38.7 Å². The van der Waals surface area contributed by atoms with Gasteiger partial charge in [-0.15, -0.1) is 0 Å². The highest BCUT2D eigenvalue weighted by molar-refractivity contribution is 6.38. The van der Waals surface area contributed by atoms with E-state index in [1.54, 1.807) is 0 Å². The van der Waals surface area contributed by atoms with E-state index in [-0.39, 0.29) is 6.04 Å². The molecule has 8 nitrogen and oxygen atoms in total. The number of benzene rings is 1. The summed E-state index contributed by atoms with van der Waals surface area (Å²) in [6.07, 6.45) is 12.2. The number of fused-ring (bicyclic) bond motifs is 6. The topological polar surface area (TPSA) is 93.1 Å². The molecule has 1 aromatic carbocycles.